The summed E-state index contributed by atoms with van der Waals surface area (Å²) in [6.45, 7) is 0.822. The summed E-state index contributed by atoms with van der Waals surface area (Å²) in [4.78, 5) is 24.4. The van der Waals surface area contributed by atoms with Crippen molar-refractivity contribution < 1.29 is 14.3 Å². The summed E-state index contributed by atoms with van der Waals surface area (Å²) in [5.41, 5.74) is 1.99. The van der Waals surface area contributed by atoms with E-state index in [0.717, 1.165) is 11.3 Å². The number of hydrogen-bond donors (Lipinski definition) is 1. The van der Waals surface area contributed by atoms with E-state index >= 15 is 0 Å². The second-order valence-corrected chi connectivity index (χ2v) is 6.33. The van der Waals surface area contributed by atoms with Crippen molar-refractivity contribution in [3.63, 3.8) is 0 Å². The number of methoxy groups -OCH3 is 2. The van der Waals surface area contributed by atoms with Crippen molar-refractivity contribution in [3.8, 4) is 22.8 Å². The Kier molecular flexibility index (Phi) is 6.63. The number of aromatic nitrogens is 2. The summed E-state index contributed by atoms with van der Waals surface area (Å²) in [7, 11) is 3.06. The Morgan fingerprint density at radius 1 is 1.00 bits per heavy atom. The molecule has 3 rings (SSSR count). The van der Waals surface area contributed by atoms with Gasteiger partial charge in [0.15, 0.2) is 11.5 Å². The van der Waals surface area contributed by atoms with Gasteiger partial charge in [-0.15, -0.1) is 0 Å². The molecule has 2 aromatic carbocycles. The molecule has 0 aliphatic rings. The zero-order valence-electron chi connectivity index (χ0n) is 16.4. The van der Waals surface area contributed by atoms with Crippen LogP contribution in [0.1, 0.15) is 16.8 Å². The molecular weight excluding hydrogens is 370 g/mol. The van der Waals surface area contributed by atoms with Crippen molar-refractivity contribution >= 4 is 5.91 Å². The molecule has 0 bridgehead atoms. The summed E-state index contributed by atoms with van der Waals surface area (Å²) in [5, 5.41) is 7.27. The first-order chi connectivity index (χ1) is 14.1. The summed E-state index contributed by atoms with van der Waals surface area (Å²) in [6.07, 6.45) is 0.574. The Bertz CT molecular complexity index is 1030. The third-order valence-corrected chi connectivity index (χ3v) is 4.41. The fourth-order valence-corrected chi connectivity index (χ4v) is 2.88. The van der Waals surface area contributed by atoms with Crippen molar-refractivity contribution in [1.82, 2.24) is 15.1 Å². The van der Waals surface area contributed by atoms with Crippen molar-refractivity contribution in [2.75, 3.05) is 20.8 Å². The molecule has 1 heterocycles. The van der Waals surface area contributed by atoms with E-state index in [0.29, 0.717) is 36.6 Å². The fraction of sp³-hybridized carbons (Fsp3) is 0.227. The first kappa shape index (κ1) is 20.1. The van der Waals surface area contributed by atoms with Gasteiger partial charge < -0.3 is 14.8 Å². The number of rotatable bonds is 8. The molecule has 1 amide bonds. The fourth-order valence-electron chi connectivity index (χ4n) is 2.88. The highest BCUT2D eigenvalue weighted by Gasteiger charge is 2.10. The van der Waals surface area contributed by atoms with Crippen LogP contribution in [0.3, 0.4) is 0 Å². The van der Waals surface area contributed by atoms with Gasteiger partial charge in [-0.3, -0.25) is 9.59 Å². The van der Waals surface area contributed by atoms with E-state index in [1.54, 1.807) is 31.4 Å². The largest absolute Gasteiger partial charge is 0.493 e. The first-order valence-electron chi connectivity index (χ1n) is 9.26. The minimum Gasteiger partial charge on any atom is -0.493 e. The van der Waals surface area contributed by atoms with E-state index in [2.05, 4.69) is 10.4 Å². The summed E-state index contributed by atoms with van der Waals surface area (Å²) in [5.74, 6) is 0.839. The highest BCUT2D eigenvalue weighted by Crippen LogP contribution is 2.27. The van der Waals surface area contributed by atoms with Crippen LogP contribution in [0.25, 0.3) is 11.3 Å². The average molecular weight is 393 g/mol. The number of ether oxygens (including phenoxy) is 2. The second kappa shape index (κ2) is 9.54. The minimum absolute atomic E-state index is 0.170. The van der Waals surface area contributed by atoms with Crippen molar-refractivity contribution in [2.24, 2.45) is 0 Å². The standard InChI is InChI=1S/C22H23N3O4/c1-28-19-11-9-17(15-20(19)29-2)22(27)23-13-6-14-25-21(26)12-10-18(24-25)16-7-4-3-5-8-16/h3-5,7-12,15H,6,13-14H2,1-2H3,(H,23,27). The van der Waals surface area contributed by atoms with Gasteiger partial charge >= 0.3 is 0 Å². The molecule has 7 nitrogen and oxygen atoms in total. The van der Waals surface area contributed by atoms with Crippen LogP contribution in [-0.4, -0.2) is 36.5 Å². The van der Waals surface area contributed by atoms with Crippen molar-refractivity contribution in [3.05, 3.63) is 76.6 Å². The van der Waals surface area contributed by atoms with Crippen LogP contribution in [0.5, 0.6) is 11.5 Å². The molecule has 0 atom stereocenters. The lowest BCUT2D eigenvalue weighted by Gasteiger charge is -2.10. The van der Waals surface area contributed by atoms with Gasteiger partial charge in [-0.1, -0.05) is 30.3 Å². The Morgan fingerprint density at radius 2 is 1.76 bits per heavy atom. The molecule has 7 heteroatoms. The van der Waals surface area contributed by atoms with E-state index in [9.17, 15) is 9.59 Å². The van der Waals surface area contributed by atoms with E-state index < -0.39 is 0 Å². The zero-order chi connectivity index (χ0) is 20.6. The van der Waals surface area contributed by atoms with E-state index in [1.165, 1.54) is 17.9 Å². The Balaban J connectivity index is 1.58. The molecule has 0 unspecified atom stereocenters. The zero-order valence-corrected chi connectivity index (χ0v) is 16.4. The maximum atomic E-state index is 12.3. The number of hydrogen-bond acceptors (Lipinski definition) is 5. The maximum Gasteiger partial charge on any atom is 0.266 e. The van der Waals surface area contributed by atoms with Gasteiger partial charge in [-0.25, -0.2) is 4.68 Å². The van der Waals surface area contributed by atoms with E-state index in [-0.39, 0.29) is 11.5 Å². The predicted octanol–water partition coefficient (Wildman–Crippen LogP) is 2.75. The molecule has 0 fully saturated rings. The van der Waals surface area contributed by atoms with Crippen LogP contribution in [-0.2, 0) is 6.54 Å². The molecule has 1 aromatic heterocycles. The van der Waals surface area contributed by atoms with Gasteiger partial charge in [0.05, 0.1) is 19.9 Å². The highest BCUT2D eigenvalue weighted by molar-refractivity contribution is 5.94. The monoisotopic (exact) mass is 393 g/mol. The molecule has 0 radical (unpaired) electrons. The van der Waals surface area contributed by atoms with Crippen LogP contribution < -0.4 is 20.3 Å². The van der Waals surface area contributed by atoms with E-state index in [1.807, 2.05) is 30.3 Å². The molecule has 0 saturated carbocycles. The van der Waals surface area contributed by atoms with Crippen LogP contribution in [0.4, 0.5) is 0 Å². The SMILES string of the molecule is COc1ccc(C(=O)NCCCn2nc(-c3ccccc3)ccc2=O)cc1OC. The molecule has 0 aliphatic carbocycles. The smallest absolute Gasteiger partial charge is 0.266 e. The van der Waals surface area contributed by atoms with Crippen LogP contribution in [0, 0.1) is 0 Å². The number of carbonyl (C=O) groups is 1. The summed E-state index contributed by atoms with van der Waals surface area (Å²) in [6, 6.07) is 17.9. The number of aryl methyl sites for hydroxylation is 1. The molecule has 29 heavy (non-hydrogen) atoms. The van der Waals surface area contributed by atoms with E-state index in [4.69, 9.17) is 9.47 Å². The molecule has 0 saturated heterocycles. The molecule has 0 aliphatic heterocycles. The molecule has 3 aromatic rings. The van der Waals surface area contributed by atoms with Gasteiger partial charge in [0.25, 0.3) is 11.5 Å². The lowest BCUT2D eigenvalue weighted by Crippen LogP contribution is -2.28. The minimum atomic E-state index is -0.218. The van der Waals surface area contributed by atoms with Gasteiger partial charge in [0.1, 0.15) is 0 Å². The third kappa shape index (κ3) is 5.01. The average Bonchev–Trinajstić information content (AvgIpc) is 2.77. The summed E-state index contributed by atoms with van der Waals surface area (Å²) >= 11 is 0. The van der Waals surface area contributed by atoms with Gasteiger partial charge in [-0.05, 0) is 30.7 Å². The quantitative estimate of drug-likeness (QED) is 0.595. The number of nitrogens with zero attached hydrogens (tertiary/aromatic N) is 2. The van der Waals surface area contributed by atoms with Crippen molar-refractivity contribution in [2.45, 2.75) is 13.0 Å². The first-order valence-corrected chi connectivity index (χ1v) is 9.26. The Morgan fingerprint density at radius 3 is 2.48 bits per heavy atom. The lowest BCUT2D eigenvalue weighted by atomic mass is 10.1. The highest BCUT2D eigenvalue weighted by atomic mass is 16.5. The maximum absolute atomic E-state index is 12.3. The van der Waals surface area contributed by atoms with Gasteiger partial charge in [0.2, 0.25) is 0 Å². The Hall–Kier alpha value is -3.61. The Labute approximate surface area is 168 Å². The van der Waals surface area contributed by atoms with Crippen LogP contribution in [0.2, 0.25) is 0 Å². The van der Waals surface area contributed by atoms with Crippen molar-refractivity contribution in [1.29, 1.82) is 0 Å². The number of amides is 1. The number of nitrogens with one attached hydrogen (secondary N) is 1. The normalized spacial score (nSPS) is 10.4. The van der Waals surface area contributed by atoms with Gasteiger partial charge in [0, 0.05) is 30.3 Å². The summed E-state index contributed by atoms with van der Waals surface area (Å²) < 4.78 is 11.8. The number of carbonyl (C=O) groups excluding carboxylic acids is 1. The molecule has 1 N–H and O–H groups in total. The number of benzene rings is 2. The van der Waals surface area contributed by atoms with Gasteiger partial charge in [-0.2, -0.15) is 5.10 Å². The predicted molar refractivity (Wildman–Crippen MR) is 110 cm³/mol. The molecule has 0 spiro atoms. The molecular formula is C22H23N3O4. The lowest BCUT2D eigenvalue weighted by molar-refractivity contribution is 0.0952. The topological polar surface area (TPSA) is 82.5 Å². The second-order valence-electron chi connectivity index (χ2n) is 6.33. The van der Waals surface area contributed by atoms with Crippen LogP contribution >= 0.6 is 0 Å². The molecule has 150 valence electrons. The third-order valence-electron chi connectivity index (χ3n) is 4.41. The van der Waals surface area contributed by atoms with Crippen LogP contribution in [0.15, 0.2) is 65.5 Å².